The van der Waals surface area contributed by atoms with E-state index in [0.717, 1.165) is 11.5 Å². The van der Waals surface area contributed by atoms with Crippen LogP contribution in [0.1, 0.15) is 63.5 Å². The summed E-state index contributed by atoms with van der Waals surface area (Å²) in [5.41, 5.74) is 3.06. The van der Waals surface area contributed by atoms with Crippen LogP contribution in [-0.4, -0.2) is 0 Å². The van der Waals surface area contributed by atoms with E-state index in [1.165, 1.54) is 31.2 Å². The molecule has 0 atom stereocenters. The van der Waals surface area contributed by atoms with Crippen molar-refractivity contribution in [2.45, 2.75) is 58.8 Å². The fourth-order valence-electron chi connectivity index (χ4n) is 3.34. The van der Waals surface area contributed by atoms with Crippen LogP contribution in [-0.2, 0) is 6.42 Å². The minimum atomic E-state index is 0.452. The van der Waals surface area contributed by atoms with E-state index < -0.39 is 0 Å². The van der Waals surface area contributed by atoms with E-state index in [0.29, 0.717) is 17.8 Å². The normalized spacial score (nSPS) is 23.9. The SMILES string of the molecule is CC(C)(C)C1CCC(c2cccc(CC#N)c2)CC1. The summed E-state index contributed by atoms with van der Waals surface area (Å²) >= 11 is 0. The highest BCUT2D eigenvalue weighted by molar-refractivity contribution is 5.28. The molecule has 1 nitrogen and oxygen atoms in total. The fourth-order valence-corrected chi connectivity index (χ4v) is 3.34. The van der Waals surface area contributed by atoms with E-state index in [4.69, 9.17) is 5.26 Å². The Morgan fingerprint density at radius 1 is 1.16 bits per heavy atom. The van der Waals surface area contributed by atoms with E-state index >= 15 is 0 Å². The van der Waals surface area contributed by atoms with Crippen LogP contribution in [0.3, 0.4) is 0 Å². The number of benzene rings is 1. The first-order valence-electron chi connectivity index (χ1n) is 7.46. The highest BCUT2D eigenvalue weighted by atomic mass is 14.3. The van der Waals surface area contributed by atoms with Gasteiger partial charge in [-0.1, -0.05) is 45.0 Å². The average molecular weight is 255 g/mol. The molecule has 1 saturated carbocycles. The van der Waals surface area contributed by atoms with Crippen molar-refractivity contribution in [2.24, 2.45) is 11.3 Å². The first kappa shape index (κ1) is 14.1. The molecule has 0 unspecified atom stereocenters. The molecule has 2 rings (SSSR count). The van der Waals surface area contributed by atoms with Crippen molar-refractivity contribution < 1.29 is 0 Å². The Kier molecular flexibility index (Phi) is 4.30. The molecule has 0 heterocycles. The summed E-state index contributed by atoms with van der Waals surface area (Å²) in [4.78, 5) is 0. The maximum atomic E-state index is 8.80. The fraction of sp³-hybridized carbons (Fsp3) is 0.611. The molecule has 19 heavy (non-hydrogen) atoms. The van der Waals surface area contributed by atoms with Gasteiger partial charge in [0, 0.05) is 0 Å². The van der Waals surface area contributed by atoms with Gasteiger partial charge in [-0.25, -0.2) is 0 Å². The van der Waals surface area contributed by atoms with Crippen LogP contribution < -0.4 is 0 Å². The summed E-state index contributed by atoms with van der Waals surface area (Å²) < 4.78 is 0. The quantitative estimate of drug-likeness (QED) is 0.723. The van der Waals surface area contributed by atoms with Gasteiger partial charge in [-0.2, -0.15) is 5.26 Å². The zero-order valence-electron chi connectivity index (χ0n) is 12.4. The molecular weight excluding hydrogens is 230 g/mol. The highest BCUT2D eigenvalue weighted by Gasteiger charge is 2.30. The van der Waals surface area contributed by atoms with Crippen molar-refractivity contribution in [1.82, 2.24) is 0 Å². The zero-order valence-corrected chi connectivity index (χ0v) is 12.4. The Morgan fingerprint density at radius 3 is 2.42 bits per heavy atom. The van der Waals surface area contributed by atoms with Gasteiger partial charge in [-0.3, -0.25) is 0 Å². The maximum absolute atomic E-state index is 8.80. The molecule has 1 aromatic carbocycles. The summed E-state index contributed by atoms with van der Waals surface area (Å²) in [6.07, 6.45) is 5.83. The molecule has 0 N–H and O–H groups in total. The van der Waals surface area contributed by atoms with E-state index in [2.05, 4.69) is 51.1 Å². The second-order valence-corrected chi connectivity index (χ2v) is 6.99. The molecule has 0 bridgehead atoms. The molecule has 1 heteroatoms. The number of nitriles is 1. The first-order valence-corrected chi connectivity index (χ1v) is 7.46. The summed E-state index contributed by atoms with van der Waals surface area (Å²) in [6, 6.07) is 10.9. The van der Waals surface area contributed by atoms with E-state index in [-0.39, 0.29) is 0 Å². The van der Waals surface area contributed by atoms with Crippen molar-refractivity contribution in [3.8, 4) is 6.07 Å². The molecule has 1 fully saturated rings. The zero-order chi connectivity index (χ0) is 13.9. The third kappa shape index (κ3) is 3.60. The maximum Gasteiger partial charge on any atom is 0.0669 e. The van der Waals surface area contributed by atoms with Gasteiger partial charge in [-0.05, 0) is 54.1 Å². The van der Waals surface area contributed by atoms with E-state index in [1.807, 2.05) is 0 Å². The predicted octanol–water partition coefficient (Wildman–Crippen LogP) is 5.07. The van der Waals surface area contributed by atoms with Crippen LogP contribution >= 0.6 is 0 Å². The Bertz CT molecular complexity index is 453. The van der Waals surface area contributed by atoms with Crippen molar-refractivity contribution in [1.29, 1.82) is 5.26 Å². The first-order chi connectivity index (χ1) is 9.00. The van der Waals surface area contributed by atoms with E-state index in [1.54, 1.807) is 0 Å². The Morgan fingerprint density at radius 2 is 1.84 bits per heavy atom. The predicted molar refractivity (Wildman–Crippen MR) is 79.9 cm³/mol. The summed E-state index contributed by atoms with van der Waals surface area (Å²) in [5.74, 6) is 1.57. The van der Waals surface area contributed by atoms with Gasteiger partial charge in [0.05, 0.1) is 12.5 Å². The summed E-state index contributed by atoms with van der Waals surface area (Å²) in [6.45, 7) is 7.10. The number of hydrogen-bond donors (Lipinski definition) is 0. The molecule has 102 valence electrons. The lowest BCUT2D eigenvalue weighted by Crippen LogP contribution is -2.25. The lowest BCUT2D eigenvalue weighted by Gasteiger charge is -2.37. The van der Waals surface area contributed by atoms with Crippen molar-refractivity contribution in [3.63, 3.8) is 0 Å². The third-order valence-corrected chi connectivity index (χ3v) is 4.66. The van der Waals surface area contributed by atoms with Crippen LogP contribution in [0.15, 0.2) is 24.3 Å². The second-order valence-electron chi connectivity index (χ2n) is 6.99. The second kappa shape index (κ2) is 5.78. The average Bonchev–Trinajstić information content (AvgIpc) is 2.39. The van der Waals surface area contributed by atoms with Gasteiger partial charge in [0.2, 0.25) is 0 Å². The molecule has 0 radical (unpaired) electrons. The molecule has 0 aromatic heterocycles. The van der Waals surface area contributed by atoms with Gasteiger partial charge < -0.3 is 0 Å². The van der Waals surface area contributed by atoms with Gasteiger partial charge in [0.15, 0.2) is 0 Å². The summed E-state index contributed by atoms with van der Waals surface area (Å²) in [5, 5.41) is 8.80. The van der Waals surface area contributed by atoms with Crippen LogP contribution in [0.5, 0.6) is 0 Å². The Labute approximate surface area is 117 Å². The van der Waals surface area contributed by atoms with Crippen LogP contribution in [0.4, 0.5) is 0 Å². The molecule has 1 aliphatic rings. The molecule has 1 aliphatic carbocycles. The summed E-state index contributed by atoms with van der Waals surface area (Å²) in [7, 11) is 0. The van der Waals surface area contributed by atoms with Crippen LogP contribution in [0.2, 0.25) is 0 Å². The van der Waals surface area contributed by atoms with Gasteiger partial charge in [0.25, 0.3) is 0 Å². The van der Waals surface area contributed by atoms with Crippen LogP contribution in [0.25, 0.3) is 0 Å². The van der Waals surface area contributed by atoms with Crippen molar-refractivity contribution in [2.75, 3.05) is 0 Å². The van der Waals surface area contributed by atoms with Gasteiger partial charge >= 0.3 is 0 Å². The van der Waals surface area contributed by atoms with Gasteiger partial charge in [-0.15, -0.1) is 0 Å². The topological polar surface area (TPSA) is 23.8 Å². The standard InChI is InChI=1S/C18H25N/c1-18(2,3)17-9-7-15(8-10-17)16-6-4-5-14(13-16)11-12-19/h4-6,13,15,17H,7-11H2,1-3H3. The highest BCUT2D eigenvalue weighted by Crippen LogP contribution is 2.43. The number of hydrogen-bond acceptors (Lipinski definition) is 1. The smallest absolute Gasteiger partial charge is 0.0669 e. The van der Waals surface area contributed by atoms with Crippen molar-refractivity contribution in [3.05, 3.63) is 35.4 Å². The number of nitrogens with zero attached hydrogens (tertiary/aromatic N) is 1. The molecule has 0 saturated heterocycles. The number of rotatable bonds is 2. The van der Waals surface area contributed by atoms with Gasteiger partial charge in [0.1, 0.15) is 0 Å². The Hall–Kier alpha value is -1.29. The van der Waals surface area contributed by atoms with Crippen molar-refractivity contribution >= 4 is 0 Å². The largest absolute Gasteiger partial charge is 0.198 e. The van der Waals surface area contributed by atoms with Crippen LogP contribution in [0, 0.1) is 22.7 Å². The lowest BCUT2D eigenvalue weighted by atomic mass is 9.68. The van der Waals surface area contributed by atoms with E-state index in [9.17, 15) is 0 Å². The molecule has 1 aromatic rings. The molecule has 0 aliphatic heterocycles. The Balaban J connectivity index is 2.02. The molecule has 0 amide bonds. The monoisotopic (exact) mass is 255 g/mol. The molecular formula is C18H25N. The molecule has 0 spiro atoms. The minimum absolute atomic E-state index is 0.452. The minimum Gasteiger partial charge on any atom is -0.198 e. The third-order valence-electron chi connectivity index (χ3n) is 4.66. The lowest BCUT2D eigenvalue weighted by molar-refractivity contribution is 0.169.